The predicted molar refractivity (Wildman–Crippen MR) is 175 cm³/mol. The topological polar surface area (TPSA) is 241 Å². The monoisotopic (exact) mass is 731 g/mol. The molecule has 2 aliphatic heterocycles. The predicted octanol–water partition coefficient (Wildman–Crippen LogP) is 1.10. The number of β-lactam (4-membered cyclic amide) rings is 1. The molecule has 4 rings (SSSR count). The van der Waals surface area contributed by atoms with Crippen LogP contribution in [0.1, 0.15) is 42.4 Å². The number of carbonyl (C=O) groups is 6. The molecule has 0 aliphatic carbocycles. The van der Waals surface area contributed by atoms with Gasteiger partial charge in [-0.1, -0.05) is 24.3 Å². The maximum atomic E-state index is 13.9. The number of aliphatic carboxylic acids is 2. The molecule has 2 aliphatic rings. The first kappa shape index (κ1) is 38.2. The average Bonchev–Trinajstić information content (AvgIpc) is 3.07. The quantitative estimate of drug-likeness (QED) is 0.107. The van der Waals surface area contributed by atoms with Crippen LogP contribution >= 0.6 is 0 Å². The van der Waals surface area contributed by atoms with Gasteiger partial charge in [-0.25, -0.2) is 18.0 Å². The van der Waals surface area contributed by atoms with Crippen molar-refractivity contribution < 1.29 is 66.3 Å². The first-order valence-corrected chi connectivity index (χ1v) is 17.2. The van der Waals surface area contributed by atoms with Gasteiger partial charge in [0.15, 0.2) is 15.2 Å². The van der Waals surface area contributed by atoms with E-state index in [1.165, 1.54) is 32.4 Å². The number of fused-ring (bicyclic) bond motifs is 1. The van der Waals surface area contributed by atoms with Crippen molar-refractivity contribution in [3.8, 4) is 11.5 Å². The fraction of sp³-hybridized carbons (Fsp3) is 0.394. The van der Waals surface area contributed by atoms with Crippen LogP contribution in [0.25, 0.3) is 0 Å². The summed E-state index contributed by atoms with van der Waals surface area (Å²) in [5, 5.41) is 22.5. The Kier molecular flexibility index (Phi) is 12.2. The maximum absolute atomic E-state index is 13.9. The Labute approximate surface area is 292 Å². The van der Waals surface area contributed by atoms with Gasteiger partial charge in [0, 0.05) is 24.6 Å². The number of carboxylic acids is 2. The van der Waals surface area contributed by atoms with Crippen molar-refractivity contribution in [2.24, 2.45) is 0 Å². The third-order valence-electron chi connectivity index (χ3n) is 8.12. The molecule has 18 heteroatoms. The van der Waals surface area contributed by atoms with E-state index in [0.717, 1.165) is 6.92 Å². The molecule has 0 saturated carbocycles. The molecule has 274 valence electrons. The van der Waals surface area contributed by atoms with Crippen LogP contribution in [0.3, 0.4) is 0 Å². The minimum atomic E-state index is -4.28. The smallest absolute Gasteiger partial charge is 0.407 e. The van der Waals surface area contributed by atoms with E-state index in [1.54, 1.807) is 24.3 Å². The summed E-state index contributed by atoms with van der Waals surface area (Å²) in [6.07, 6.45) is -0.943. The molecule has 51 heavy (non-hydrogen) atoms. The van der Waals surface area contributed by atoms with Crippen LogP contribution in [0.2, 0.25) is 0 Å². The van der Waals surface area contributed by atoms with E-state index in [4.69, 9.17) is 18.9 Å². The van der Waals surface area contributed by atoms with Gasteiger partial charge in [-0.3, -0.25) is 24.1 Å². The van der Waals surface area contributed by atoms with Crippen LogP contribution in [0.15, 0.2) is 53.7 Å². The minimum absolute atomic E-state index is 0.00628. The van der Waals surface area contributed by atoms with Crippen molar-refractivity contribution in [1.29, 1.82) is 0 Å². The lowest BCUT2D eigenvalue weighted by atomic mass is 9.89. The zero-order valence-electron chi connectivity index (χ0n) is 27.9. The van der Waals surface area contributed by atoms with Crippen LogP contribution in [0.4, 0.5) is 4.79 Å². The number of esters is 1. The highest BCUT2D eigenvalue weighted by Gasteiger charge is 2.60. The molecule has 2 heterocycles. The van der Waals surface area contributed by atoms with E-state index in [2.05, 4.69) is 10.6 Å². The number of nitrogens with one attached hydrogen (secondary N) is 2. The van der Waals surface area contributed by atoms with E-state index in [-0.39, 0.29) is 49.3 Å². The maximum Gasteiger partial charge on any atom is 0.407 e. The van der Waals surface area contributed by atoms with Crippen LogP contribution in [-0.4, -0.2) is 104 Å². The van der Waals surface area contributed by atoms with Gasteiger partial charge >= 0.3 is 24.0 Å². The molecule has 1 saturated heterocycles. The largest absolute Gasteiger partial charge is 0.497 e. The molecule has 3 atom stereocenters. The van der Waals surface area contributed by atoms with Gasteiger partial charge in [0.1, 0.15) is 36.5 Å². The molecular formula is C33H37N3O14S. The van der Waals surface area contributed by atoms with E-state index < -0.39 is 81.0 Å². The second kappa shape index (κ2) is 16.4. The molecule has 3 amide bonds. The summed E-state index contributed by atoms with van der Waals surface area (Å²) in [4.78, 5) is 75.0. The standard InChI is InChI=1S/C33H37N3O14S/c1-18(37)49-16-21-17-51(45,46)31-27(30(41)36(31)28(21)32(42)43)35-29(40)23(24-13-20(14-26(38)39)8-11-25(24)48-3)5-4-12-34-33(44)50-15-19-6-9-22(47-2)10-7-19/h6-11,13,23,27,31H,4-5,12,14-17H2,1-3H3,(H,34,44)(H,35,40)(H,38,39)(H,42,43)/t23?,27-,31-/m0/s1. The lowest BCUT2D eigenvalue weighted by molar-refractivity contribution is -0.151. The first-order chi connectivity index (χ1) is 24.2. The number of hydrogen-bond donors (Lipinski definition) is 4. The number of sulfone groups is 1. The third-order valence-corrected chi connectivity index (χ3v) is 10.1. The van der Waals surface area contributed by atoms with Crippen LogP contribution in [0.5, 0.6) is 11.5 Å². The van der Waals surface area contributed by atoms with Gasteiger partial charge in [0.05, 0.1) is 32.3 Å². The Morgan fingerprint density at radius 1 is 0.961 bits per heavy atom. The average molecular weight is 732 g/mol. The van der Waals surface area contributed by atoms with Gasteiger partial charge in [-0.2, -0.15) is 0 Å². The first-order valence-electron chi connectivity index (χ1n) is 15.5. The number of methoxy groups -OCH3 is 2. The minimum Gasteiger partial charge on any atom is -0.497 e. The summed E-state index contributed by atoms with van der Waals surface area (Å²) < 4.78 is 47.2. The molecule has 2 aromatic carbocycles. The number of ether oxygens (including phenoxy) is 4. The summed E-state index contributed by atoms with van der Waals surface area (Å²) in [7, 11) is -1.42. The Bertz CT molecular complexity index is 1840. The molecule has 1 fully saturated rings. The van der Waals surface area contributed by atoms with Crippen LogP contribution in [-0.2, 0) is 56.3 Å². The number of carbonyl (C=O) groups excluding carboxylic acids is 4. The van der Waals surface area contributed by atoms with Gasteiger partial charge < -0.3 is 39.8 Å². The lowest BCUT2D eigenvalue weighted by Gasteiger charge is -2.49. The highest BCUT2D eigenvalue weighted by atomic mass is 32.2. The molecule has 4 N–H and O–H groups in total. The zero-order chi connectivity index (χ0) is 37.5. The number of benzene rings is 2. The third kappa shape index (κ3) is 9.13. The summed E-state index contributed by atoms with van der Waals surface area (Å²) >= 11 is 0. The molecule has 0 spiro atoms. The number of nitrogens with zero attached hydrogens (tertiary/aromatic N) is 1. The fourth-order valence-corrected chi connectivity index (χ4v) is 7.77. The molecule has 1 unspecified atom stereocenters. The number of carboxylic acid groups (broad SMARTS) is 2. The number of rotatable bonds is 16. The fourth-order valence-electron chi connectivity index (χ4n) is 5.76. The van der Waals surface area contributed by atoms with Crippen molar-refractivity contribution in [2.45, 2.75) is 50.1 Å². The zero-order valence-corrected chi connectivity index (χ0v) is 28.7. The van der Waals surface area contributed by atoms with E-state index in [0.29, 0.717) is 21.8 Å². The number of amides is 3. The molecule has 0 bridgehead atoms. The van der Waals surface area contributed by atoms with Crippen molar-refractivity contribution >= 4 is 45.7 Å². The van der Waals surface area contributed by atoms with Gasteiger partial charge in [-0.05, 0) is 42.2 Å². The van der Waals surface area contributed by atoms with Gasteiger partial charge in [0.25, 0.3) is 5.91 Å². The van der Waals surface area contributed by atoms with Gasteiger partial charge in [0.2, 0.25) is 5.91 Å². The Morgan fingerprint density at radius 3 is 2.25 bits per heavy atom. The molecule has 0 radical (unpaired) electrons. The number of hydrogen-bond acceptors (Lipinski definition) is 12. The van der Waals surface area contributed by atoms with Crippen molar-refractivity contribution in [3.05, 3.63) is 70.4 Å². The Balaban J connectivity index is 1.52. The lowest BCUT2D eigenvalue weighted by Crippen LogP contribution is -2.75. The molecule has 17 nitrogen and oxygen atoms in total. The molecular weight excluding hydrogens is 694 g/mol. The molecule has 2 aromatic rings. The normalized spacial score (nSPS) is 18.0. The Morgan fingerprint density at radius 2 is 1.65 bits per heavy atom. The summed E-state index contributed by atoms with van der Waals surface area (Å²) in [5.74, 6) is -6.53. The van der Waals surface area contributed by atoms with E-state index in [9.17, 15) is 47.4 Å². The highest BCUT2D eigenvalue weighted by molar-refractivity contribution is 7.92. The van der Waals surface area contributed by atoms with Crippen LogP contribution < -0.4 is 20.1 Å². The second-order valence-corrected chi connectivity index (χ2v) is 13.7. The number of alkyl carbamates (subject to hydrolysis) is 1. The van der Waals surface area contributed by atoms with Gasteiger partial charge in [-0.15, -0.1) is 0 Å². The van der Waals surface area contributed by atoms with Crippen LogP contribution in [0, 0.1) is 0 Å². The highest BCUT2D eigenvalue weighted by Crippen LogP contribution is 2.38. The van der Waals surface area contributed by atoms with E-state index >= 15 is 0 Å². The molecule has 0 aromatic heterocycles. The Hall–Kier alpha value is -5.65. The van der Waals surface area contributed by atoms with Crippen molar-refractivity contribution in [2.75, 3.05) is 33.1 Å². The van der Waals surface area contributed by atoms with Crippen molar-refractivity contribution in [1.82, 2.24) is 15.5 Å². The summed E-state index contributed by atoms with van der Waals surface area (Å²) in [6, 6.07) is 9.65. The van der Waals surface area contributed by atoms with E-state index in [1.807, 2.05) is 0 Å². The SMILES string of the molecule is COc1ccc(COC(=O)NCCCC(C(=O)N[C@H]2C(=O)N3C(C(=O)O)=C(COC(C)=O)CS(=O)(=O)[C@@H]23)c2cc(CC(=O)O)ccc2OC)cc1. The second-order valence-electron chi connectivity index (χ2n) is 11.6. The summed E-state index contributed by atoms with van der Waals surface area (Å²) in [6.45, 7) is 0.402. The van der Waals surface area contributed by atoms with Crippen molar-refractivity contribution in [3.63, 3.8) is 0 Å². The summed E-state index contributed by atoms with van der Waals surface area (Å²) in [5.41, 5.74) is 0.317.